The number of amides is 2. The molecule has 1 aromatic carbocycles. The van der Waals surface area contributed by atoms with E-state index in [9.17, 15) is 9.59 Å². The maximum absolute atomic E-state index is 12.9. The summed E-state index contributed by atoms with van der Waals surface area (Å²) >= 11 is 0. The lowest BCUT2D eigenvalue weighted by Crippen LogP contribution is -2.38. The highest BCUT2D eigenvalue weighted by molar-refractivity contribution is 6.04. The Morgan fingerprint density at radius 2 is 1.82 bits per heavy atom. The zero-order chi connectivity index (χ0) is 19.5. The van der Waals surface area contributed by atoms with Crippen molar-refractivity contribution in [2.75, 3.05) is 13.1 Å². The molecule has 1 fully saturated rings. The minimum atomic E-state index is -0.393. The minimum Gasteiger partial charge on any atom is -0.361 e. The number of hydrogen-bond donors (Lipinski definition) is 2. The minimum absolute atomic E-state index is 0.0765. The van der Waals surface area contributed by atoms with Gasteiger partial charge in [-0.25, -0.2) is 9.97 Å². The van der Waals surface area contributed by atoms with Gasteiger partial charge in [-0.1, -0.05) is 6.07 Å². The predicted molar refractivity (Wildman–Crippen MR) is 106 cm³/mol. The van der Waals surface area contributed by atoms with Gasteiger partial charge < -0.3 is 15.2 Å². The molecule has 0 saturated carbocycles. The van der Waals surface area contributed by atoms with E-state index in [0.717, 1.165) is 35.7 Å². The summed E-state index contributed by atoms with van der Waals surface area (Å²) in [7, 11) is 0. The number of aromatic nitrogens is 3. The van der Waals surface area contributed by atoms with E-state index in [2.05, 4.69) is 20.3 Å². The van der Waals surface area contributed by atoms with E-state index in [0.29, 0.717) is 13.1 Å². The Kier molecular flexibility index (Phi) is 5.06. The van der Waals surface area contributed by atoms with Gasteiger partial charge in [0.05, 0.1) is 6.04 Å². The van der Waals surface area contributed by atoms with Crippen LogP contribution in [-0.4, -0.2) is 44.8 Å². The van der Waals surface area contributed by atoms with E-state index in [4.69, 9.17) is 0 Å². The van der Waals surface area contributed by atoms with Gasteiger partial charge in [0.1, 0.15) is 0 Å². The van der Waals surface area contributed by atoms with Gasteiger partial charge in [0.25, 0.3) is 11.8 Å². The monoisotopic (exact) mass is 377 g/mol. The van der Waals surface area contributed by atoms with Crippen LogP contribution in [0.25, 0.3) is 10.9 Å². The van der Waals surface area contributed by atoms with E-state index < -0.39 is 5.91 Å². The third-order valence-electron chi connectivity index (χ3n) is 5.18. The van der Waals surface area contributed by atoms with E-state index in [1.807, 2.05) is 37.4 Å². The highest BCUT2D eigenvalue weighted by atomic mass is 16.2. The van der Waals surface area contributed by atoms with Crippen LogP contribution in [0.5, 0.6) is 0 Å². The Bertz CT molecular complexity index is 1010. The van der Waals surface area contributed by atoms with Gasteiger partial charge in [0.15, 0.2) is 11.4 Å². The average Bonchev–Trinajstić information content (AvgIpc) is 3.21. The van der Waals surface area contributed by atoms with Gasteiger partial charge in [-0.3, -0.25) is 9.59 Å². The predicted octanol–water partition coefficient (Wildman–Crippen LogP) is 3.08. The molecule has 2 aromatic heterocycles. The number of H-pyrrole nitrogens is 1. The van der Waals surface area contributed by atoms with Crippen molar-refractivity contribution in [2.45, 2.75) is 32.2 Å². The topological polar surface area (TPSA) is 91.0 Å². The first-order chi connectivity index (χ1) is 13.6. The lowest BCUT2D eigenvalue weighted by Gasteiger charge is -2.26. The molecule has 4 rings (SSSR count). The number of rotatable bonds is 4. The highest BCUT2D eigenvalue weighted by Crippen LogP contribution is 2.20. The molecule has 0 spiro atoms. The zero-order valence-corrected chi connectivity index (χ0v) is 15.8. The molecule has 1 atom stereocenters. The molecule has 1 aliphatic heterocycles. The van der Waals surface area contributed by atoms with Crippen LogP contribution in [0.15, 0.2) is 42.9 Å². The normalized spacial score (nSPS) is 15.4. The molecule has 7 heteroatoms. The molecule has 0 bridgehead atoms. The molecule has 3 aromatic rings. The van der Waals surface area contributed by atoms with Crippen LogP contribution in [0.4, 0.5) is 0 Å². The number of nitrogens with one attached hydrogen (secondary N) is 2. The first-order valence-corrected chi connectivity index (χ1v) is 9.61. The van der Waals surface area contributed by atoms with Gasteiger partial charge in [-0.05, 0) is 55.3 Å². The van der Waals surface area contributed by atoms with Crippen LogP contribution < -0.4 is 5.32 Å². The summed E-state index contributed by atoms with van der Waals surface area (Å²) < 4.78 is 0. The van der Waals surface area contributed by atoms with E-state index in [1.54, 1.807) is 4.90 Å². The molecule has 1 saturated heterocycles. The first-order valence-electron chi connectivity index (χ1n) is 9.61. The largest absolute Gasteiger partial charge is 0.361 e. The number of benzene rings is 1. The van der Waals surface area contributed by atoms with E-state index in [-0.39, 0.29) is 23.3 Å². The van der Waals surface area contributed by atoms with Crippen LogP contribution in [-0.2, 0) is 0 Å². The number of carbonyl (C=O) groups excluding carboxylic acids is 2. The number of nitrogens with zero attached hydrogens (tertiary/aromatic N) is 3. The summed E-state index contributed by atoms with van der Waals surface area (Å²) in [6, 6.07) is 7.76. The number of fused-ring (bicyclic) bond motifs is 1. The smallest absolute Gasteiger partial charge is 0.274 e. The second kappa shape index (κ2) is 7.80. The van der Waals surface area contributed by atoms with Crippen molar-refractivity contribution < 1.29 is 9.59 Å². The summed E-state index contributed by atoms with van der Waals surface area (Å²) in [6.45, 7) is 3.31. The van der Waals surface area contributed by atoms with Crippen LogP contribution in [0, 0.1) is 0 Å². The molecule has 2 N–H and O–H groups in total. The molecule has 28 heavy (non-hydrogen) atoms. The lowest BCUT2D eigenvalue weighted by molar-refractivity contribution is 0.0710. The SMILES string of the molecule is C[C@@H](NC(=O)c1nccnc1C(=O)N1CCCCC1)c1ccc2[nH]ccc2c1. The number of aromatic amines is 1. The Hall–Kier alpha value is -3.22. The fourth-order valence-electron chi connectivity index (χ4n) is 3.60. The van der Waals surface area contributed by atoms with Gasteiger partial charge in [0, 0.05) is 37.2 Å². The van der Waals surface area contributed by atoms with Crippen molar-refractivity contribution in [3.63, 3.8) is 0 Å². The molecule has 0 unspecified atom stereocenters. The molecule has 144 valence electrons. The molecule has 2 amide bonds. The van der Waals surface area contributed by atoms with Crippen molar-refractivity contribution in [1.29, 1.82) is 0 Å². The third kappa shape index (κ3) is 3.60. The summed E-state index contributed by atoms with van der Waals surface area (Å²) in [5.41, 5.74) is 2.22. The van der Waals surface area contributed by atoms with E-state index >= 15 is 0 Å². The number of likely N-dealkylation sites (tertiary alicyclic amines) is 1. The summed E-state index contributed by atoms with van der Waals surface area (Å²) in [4.78, 5) is 38.9. The fourth-order valence-corrected chi connectivity index (χ4v) is 3.60. The molecule has 7 nitrogen and oxygen atoms in total. The Morgan fingerprint density at radius 3 is 2.61 bits per heavy atom. The van der Waals surface area contributed by atoms with Gasteiger partial charge in [-0.15, -0.1) is 0 Å². The molecule has 1 aliphatic rings. The Balaban J connectivity index is 1.53. The second-order valence-electron chi connectivity index (χ2n) is 7.13. The molecule has 0 radical (unpaired) electrons. The van der Waals surface area contributed by atoms with Crippen LogP contribution in [0.2, 0.25) is 0 Å². The summed E-state index contributed by atoms with van der Waals surface area (Å²) in [5, 5.41) is 4.03. The Morgan fingerprint density at radius 1 is 1.07 bits per heavy atom. The molecular formula is C21H23N5O2. The average molecular weight is 377 g/mol. The second-order valence-corrected chi connectivity index (χ2v) is 7.13. The van der Waals surface area contributed by atoms with Crippen LogP contribution >= 0.6 is 0 Å². The van der Waals surface area contributed by atoms with Gasteiger partial charge in [0.2, 0.25) is 0 Å². The highest BCUT2D eigenvalue weighted by Gasteiger charge is 2.26. The quantitative estimate of drug-likeness (QED) is 0.731. The van der Waals surface area contributed by atoms with Crippen LogP contribution in [0.1, 0.15) is 58.8 Å². The summed E-state index contributed by atoms with van der Waals surface area (Å²) in [6.07, 6.45) is 7.87. The standard InChI is InChI=1S/C21H23N5O2/c1-14(15-5-6-17-16(13-15)7-8-22-17)25-20(27)18-19(24-10-9-23-18)21(28)26-11-3-2-4-12-26/h5-10,13-14,22H,2-4,11-12H2,1H3,(H,25,27)/t14-/m1/s1. The van der Waals surface area contributed by atoms with Gasteiger partial charge in [-0.2, -0.15) is 0 Å². The van der Waals surface area contributed by atoms with E-state index in [1.165, 1.54) is 12.4 Å². The van der Waals surface area contributed by atoms with Crippen molar-refractivity contribution >= 4 is 22.7 Å². The van der Waals surface area contributed by atoms with Crippen LogP contribution in [0.3, 0.4) is 0 Å². The molecular weight excluding hydrogens is 354 g/mol. The summed E-state index contributed by atoms with van der Waals surface area (Å²) in [5.74, 6) is -0.616. The van der Waals surface area contributed by atoms with Crippen molar-refractivity contribution in [2.24, 2.45) is 0 Å². The zero-order valence-electron chi connectivity index (χ0n) is 15.8. The molecule has 3 heterocycles. The first kappa shape index (κ1) is 18.2. The third-order valence-corrected chi connectivity index (χ3v) is 5.18. The van der Waals surface area contributed by atoms with Crippen molar-refractivity contribution in [3.05, 3.63) is 59.8 Å². The Labute approximate surface area is 163 Å². The number of carbonyl (C=O) groups is 2. The number of piperidine rings is 1. The fraction of sp³-hybridized carbons (Fsp3) is 0.333. The maximum Gasteiger partial charge on any atom is 0.274 e. The van der Waals surface area contributed by atoms with Gasteiger partial charge >= 0.3 is 0 Å². The molecule has 0 aliphatic carbocycles. The van der Waals surface area contributed by atoms with Crippen molar-refractivity contribution in [3.8, 4) is 0 Å². The lowest BCUT2D eigenvalue weighted by atomic mass is 10.1. The van der Waals surface area contributed by atoms with Crippen molar-refractivity contribution in [1.82, 2.24) is 25.2 Å². The number of hydrogen-bond acceptors (Lipinski definition) is 4. The maximum atomic E-state index is 12.9.